The second-order valence-electron chi connectivity index (χ2n) is 6.09. The summed E-state index contributed by atoms with van der Waals surface area (Å²) >= 11 is 6.66. The normalized spacial score (nSPS) is 16.9. The topological polar surface area (TPSA) is 54.6 Å². The van der Waals surface area contributed by atoms with Crippen LogP contribution in [0, 0.1) is 10.9 Å². The van der Waals surface area contributed by atoms with E-state index < -0.39 is 0 Å². The number of hydrogen-bond donors (Lipinski definition) is 1. The molecule has 1 atom stereocenters. The Hall–Kier alpha value is -1.86. The molecule has 5 nitrogen and oxygen atoms in total. The van der Waals surface area contributed by atoms with Crippen LogP contribution in [0.2, 0.25) is 0 Å². The van der Waals surface area contributed by atoms with Crippen molar-refractivity contribution in [3.8, 4) is 11.5 Å². The smallest absolute Gasteiger partial charge is 0.228 e. The first kappa shape index (κ1) is 17.9. The number of ether oxygens (including phenoxy) is 2. The van der Waals surface area contributed by atoms with Crippen molar-refractivity contribution in [3.05, 3.63) is 38.3 Å². The van der Waals surface area contributed by atoms with Gasteiger partial charge in [-0.15, -0.1) is 11.3 Å². The quantitative estimate of drug-likeness (QED) is 0.798. The van der Waals surface area contributed by atoms with Gasteiger partial charge >= 0.3 is 0 Å². The number of likely N-dealkylation sites (tertiary alicyclic amines) is 1. The molecular weight excluding hydrogens is 356 g/mol. The zero-order chi connectivity index (χ0) is 18.0. The van der Waals surface area contributed by atoms with Gasteiger partial charge in [0.1, 0.15) is 11.5 Å². The zero-order valence-corrected chi connectivity index (χ0v) is 16.3. The van der Waals surface area contributed by atoms with Crippen molar-refractivity contribution in [3.63, 3.8) is 0 Å². The van der Waals surface area contributed by atoms with E-state index in [1.165, 1.54) is 11.3 Å². The summed E-state index contributed by atoms with van der Waals surface area (Å²) in [6.07, 6.45) is 2.32. The first-order valence-electron chi connectivity index (χ1n) is 8.23. The van der Waals surface area contributed by atoms with Crippen molar-refractivity contribution in [2.75, 3.05) is 20.8 Å². The van der Waals surface area contributed by atoms with Crippen LogP contribution in [0.4, 0.5) is 0 Å². The summed E-state index contributed by atoms with van der Waals surface area (Å²) in [7, 11) is 3.28. The molecule has 1 aliphatic rings. The lowest BCUT2D eigenvalue weighted by Crippen LogP contribution is -2.32. The number of carbonyl (C=O) groups excluding carboxylic acids is 1. The van der Waals surface area contributed by atoms with E-state index in [1.807, 2.05) is 30.0 Å². The SMILES string of the molecule is COc1ccc([C@H]2CCCN2C(=O)Cc2sc(=S)[nH]c2C)c(OC)c1. The molecule has 134 valence electrons. The molecule has 1 amide bonds. The Bertz CT molecular complexity index is 828. The van der Waals surface area contributed by atoms with Gasteiger partial charge in [-0.3, -0.25) is 4.79 Å². The molecule has 0 bridgehead atoms. The van der Waals surface area contributed by atoms with Gasteiger partial charge in [-0.25, -0.2) is 0 Å². The molecule has 1 N–H and O–H groups in total. The van der Waals surface area contributed by atoms with Crippen LogP contribution in [0.3, 0.4) is 0 Å². The van der Waals surface area contributed by atoms with Crippen molar-refractivity contribution in [2.45, 2.75) is 32.2 Å². The standard InChI is InChI=1S/C18H22N2O3S2/c1-11-16(25-18(24)19-11)10-17(21)20-8-4-5-14(20)13-7-6-12(22-2)9-15(13)23-3/h6-7,9,14H,4-5,8,10H2,1-3H3,(H,19,24)/t14-/m1/s1. The van der Waals surface area contributed by atoms with Gasteiger partial charge in [0.05, 0.1) is 26.7 Å². The largest absolute Gasteiger partial charge is 0.497 e. The first-order chi connectivity index (χ1) is 12.0. The number of aryl methyl sites for hydroxylation is 1. The van der Waals surface area contributed by atoms with Crippen LogP contribution in [0.25, 0.3) is 0 Å². The second-order valence-corrected chi connectivity index (χ2v) is 7.86. The fourth-order valence-electron chi connectivity index (χ4n) is 3.33. The average molecular weight is 379 g/mol. The molecule has 0 radical (unpaired) electrons. The predicted octanol–water partition coefficient (Wildman–Crippen LogP) is 4.04. The first-order valence-corrected chi connectivity index (χ1v) is 9.46. The number of thiazole rings is 1. The maximum atomic E-state index is 12.9. The number of H-pyrrole nitrogens is 1. The zero-order valence-electron chi connectivity index (χ0n) is 14.6. The van der Waals surface area contributed by atoms with E-state index in [2.05, 4.69) is 4.98 Å². The molecule has 0 unspecified atom stereocenters. The third kappa shape index (κ3) is 3.72. The number of hydrogen-bond acceptors (Lipinski definition) is 5. The minimum absolute atomic E-state index is 0.0422. The summed E-state index contributed by atoms with van der Waals surface area (Å²) in [5.41, 5.74) is 2.02. The minimum Gasteiger partial charge on any atom is -0.497 e. The van der Waals surface area contributed by atoms with Gasteiger partial charge in [0, 0.05) is 28.7 Å². The molecule has 2 heterocycles. The Morgan fingerprint density at radius 3 is 2.84 bits per heavy atom. The van der Waals surface area contributed by atoms with Crippen LogP contribution < -0.4 is 9.47 Å². The Balaban J connectivity index is 1.84. The van der Waals surface area contributed by atoms with E-state index >= 15 is 0 Å². The lowest BCUT2D eigenvalue weighted by Gasteiger charge is -2.26. The summed E-state index contributed by atoms with van der Waals surface area (Å²) in [6, 6.07) is 5.83. The van der Waals surface area contributed by atoms with Gasteiger partial charge in [-0.2, -0.15) is 0 Å². The highest BCUT2D eigenvalue weighted by molar-refractivity contribution is 7.73. The van der Waals surface area contributed by atoms with Gasteiger partial charge in [0.2, 0.25) is 5.91 Å². The van der Waals surface area contributed by atoms with E-state index in [9.17, 15) is 4.79 Å². The number of methoxy groups -OCH3 is 2. The van der Waals surface area contributed by atoms with Crippen LogP contribution in [0.5, 0.6) is 11.5 Å². The predicted molar refractivity (Wildman–Crippen MR) is 101 cm³/mol. The fraction of sp³-hybridized carbons (Fsp3) is 0.444. The Morgan fingerprint density at radius 2 is 2.20 bits per heavy atom. The van der Waals surface area contributed by atoms with Gasteiger partial charge < -0.3 is 19.4 Å². The molecule has 1 aromatic heterocycles. The fourth-order valence-corrected chi connectivity index (χ4v) is 4.61. The van der Waals surface area contributed by atoms with E-state index in [1.54, 1.807) is 14.2 Å². The van der Waals surface area contributed by atoms with E-state index in [4.69, 9.17) is 21.7 Å². The second kappa shape index (κ2) is 7.58. The monoisotopic (exact) mass is 378 g/mol. The van der Waals surface area contributed by atoms with Gasteiger partial charge in [-0.1, -0.05) is 0 Å². The summed E-state index contributed by atoms with van der Waals surface area (Å²) in [4.78, 5) is 19.0. The maximum Gasteiger partial charge on any atom is 0.228 e. The van der Waals surface area contributed by atoms with Crippen LogP contribution in [0.1, 0.15) is 35.0 Å². The number of benzene rings is 1. The minimum atomic E-state index is 0.0422. The van der Waals surface area contributed by atoms with Gasteiger partial charge in [-0.05, 0) is 44.1 Å². The lowest BCUT2D eigenvalue weighted by atomic mass is 10.0. The van der Waals surface area contributed by atoms with Crippen molar-refractivity contribution >= 4 is 29.5 Å². The molecule has 1 aromatic carbocycles. The van der Waals surface area contributed by atoms with Crippen LogP contribution >= 0.6 is 23.6 Å². The molecule has 7 heteroatoms. The highest BCUT2D eigenvalue weighted by Crippen LogP contribution is 2.39. The summed E-state index contributed by atoms with van der Waals surface area (Å²) in [5.74, 6) is 1.64. The number of rotatable bonds is 5. The van der Waals surface area contributed by atoms with Crippen molar-refractivity contribution in [1.82, 2.24) is 9.88 Å². The molecule has 0 spiro atoms. The van der Waals surface area contributed by atoms with Crippen molar-refractivity contribution in [2.24, 2.45) is 0 Å². The van der Waals surface area contributed by atoms with E-state index in [0.29, 0.717) is 6.42 Å². The Morgan fingerprint density at radius 1 is 1.40 bits per heavy atom. The third-order valence-corrected chi connectivity index (χ3v) is 5.94. The molecule has 1 saturated heterocycles. The number of amides is 1. The maximum absolute atomic E-state index is 12.9. The van der Waals surface area contributed by atoms with Crippen LogP contribution in [0.15, 0.2) is 18.2 Å². The molecular formula is C18H22N2O3S2. The Labute approximate surface area is 156 Å². The molecule has 1 aliphatic heterocycles. The van der Waals surface area contributed by atoms with Crippen LogP contribution in [-0.2, 0) is 11.2 Å². The summed E-state index contributed by atoms with van der Waals surface area (Å²) in [6.45, 7) is 2.73. The van der Waals surface area contributed by atoms with E-state index in [-0.39, 0.29) is 11.9 Å². The number of nitrogens with zero attached hydrogens (tertiary/aromatic N) is 1. The number of carbonyl (C=O) groups is 1. The number of aromatic amines is 1. The summed E-state index contributed by atoms with van der Waals surface area (Å²) in [5, 5.41) is 0. The van der Waals surface area contributed by atoms with Gasteiger partial charge in [0.25, 0.3) is 0 Å². The Kier molecular flexibility index (Phi) is 5.44. The molecule has 3 rings (SSSR count). The summed E-state index contributed by atoms with van der Waals surface area (Å²) < 4.78 is 11.5. The average Bonchev–Trinajstić information content (AvgIpc) is 3.20. The van der Waals surface area contributed by atoms with Crippen LogP contribution in [-0.4, -0.2) is 36.6 Å². The lowest BCUT2D eigenvalue weighted by molar-refractivity contribution is -0.131. The van der Waals surface area contributed by atoms with Crippen molar-refractivity contribution in [1.29, 1.82) is 0 Å². The number of aromatic nitrogens is 1. The third-order valence-electron chi connectivity index (χ3n) is 4.61. The molecule has 0 saturated carbocycles. The molecule has 1 fully saturated rings. The van der Waals surface area contributed by atoms with Gasteiger partial charge in [0.15, 0.2) is 3.95 Å². The molecule has 25 heavy (non-hydrogen) atoms. The molecule has 0 aliphatic carbocycles. The highest BCUT2D eigenvalue weighted by atomic mass is 32.1. The highest BCUT2D eigenvalue weighted by Gasteiger charge is 2.32. The number of nitrogens with one attached hydrogen (secondary N) is 1. The molecule has 2 aromatic rings. The van der Waals surface area contributed by atoms with Crippen molar-refractivity contribution < 1.29 is 14.3 Å². The van der Waals surface area contributed by atoms with E-state index in [0.717, 1.165) is 51.0 Å².